The number of benzene rings is 2. The van der Waals surface area contributed by atoms with Gasteiger partial charge in [-0.15, -0.1) is 11.3 Å². The lowest BCUT2D eigenvalue weighted by atomic mass is 10.1. The van der Waals surface area contributed by atoms with Crippen molar-refractivity contribution in [2.45, 2.75) is 19.5 Å². The van der Waals surface area contributed by atoms with Crippen LogP contribution in [0.5, 0.6) is 11.5 Å². The minimum Gasteiger partial charge on any atom is -0.493 e. The topological polar surface area (TPSA) is 60.5 Å². The molecular formula is C22H21F3N2O3S. The van der Waals surface area contributed by atoms with Gasteiger partial charge in [0.2, 0.25) is 0 Å². The molecule has 1 aromatic heterocycles. The highest BCUT2D eigenvalue weighted by Gasteiger charge is 2.29. The Morgan fingerprint density at radius 2 is 1.74 bits per heavy atom. The summed E-state index contributed by atoms with van der Waals surface area (Å²) < 4.78 is 48.4. The van der Waals surface area contributed by atoms with Crippen molar-refractivity contribution in [1.29, 1.82) is 0 Å². The summed E-state index contributed by atoms with van der Waals surface area (Å²) in [6.07, 6.45) is -3.94. The maximum Gasteiger partial charge on any atom is 0.416 e. The van der Waals surface area contributed by atoms with Crippen LogP contribution in [0.3, 0.4) is 0 Å². The summed E-state index contributed by atoms with van der Waals surface area (Å²) in [4.78, 5) is 17.5. The first-order valence-electron chi connectivity index (χ1n) is 9.37. The number of ether oxygens (including phenoxy) is 2. The first-order valence-corrected chi connectivity index (χ1v) is 10.2. The molecule has 0 spiro atoms. The van der Waals surface area contributed by atoms with Crippen LogP contribution in [-0.2, 0) is 12.6 Å². The number of carbonyl (C=O) groups excluding carboxylic acids is 1. The van der Waals surface area contributed by atoms with E-state index in [0.29, 0.717) is 45.6 Å². The van der Waals surface area contributed by atoms with Crippen molar-refractivity contribution in [2.24, 2.45) is 0 Å². The highest BCUT2D eigenvalue weighted by Crippen LogP contribution is 2.35. The van der Waals surface area contributed by atoms with E-state index in [1.54, 1.807) is 33.3 Å². The Morgan fingerprint density at radius 1 is 1.06 bits per heavy atom. The molecule has 5 nitrogen and oxygen atoms in total. The van der Waals surface area contributed by atoms with Gasteiger partial charge >= 0.3 is 6.18 Å². The number of rotatable bonds is 7. The van der Waals surface area contributed by atoms with E-state index in [1.165, 1.54) is 23.5 Å². The molecule has 0 saturated heterocycles. The lowest BCUT2D eigenvalue weighted by molar-refractivity contribution is -0.137. The number of amides is 1. The summed E-state index contributed by atoms with van der Waals surface area (Å²) in [7, 11) is 3.10. The van der Waals surface area contributed by atoms with E-state index in [4.69, 9.17) is 9.47 Å². The van der Waals surface area contributed by atoms with Gasteiger partial charge in [0.25, 0.3) is 5.91 Å². The fourth-order valence-electron chi connectivity index (χ4n) is 2.96. The molecule has 0 aliphatic carbocycles. The van der Waals surface area contributed by atoms with E-state index in [9.17, 15) is 18.0 Å². The van der Waals surface area contributed by atoms with Gasteiger partial charge in [0.05, 0.1) is 25.5 Å². The second-order valence-electron chi connectivity index (χ2n) is 6.70. The van der Waals surface area contributed by atoms with Crippen LogP contribution in [0.2, 0.25) is 0 Å². The molecule has 0 unspecified atom stereocenters. The van der Waals surface area contributed by atoms with Crippen LogP contribution < -0.4 is 14.8 Å². The molecule has 9 heteroatoms. The van der Waals surface area contributed by atoms with Crippen molar-refractivity contribution in [1.82, 2.24) is 10.3 Å². The third-order valence-corrected chi connectivity index (χ3v) is 5.82. The van der Waals surface area contributed by atoms with E-state index in [0.717, 1.165) is 17.7 Å². The number of hydrogen-bond donors (Lipinski definition) is 1. The van der Waals surface area contributed by atoms with E-state index in [2.05, 4.69) is 10.3 Å². The molecule has 0 aliphatic rings. The van der Waals surface area contributed by atoms with Crippen molar-refractivity contribution in [3.8, 4) is 22.1 Å². The number of nitrogens with zero attached hydrogens (tertiary/aromatic N) is 1. The number of alkyl halides is 3. The average molecular weight is 450 g/mol. The largest absolute Gasteiger partial charge is 0.493 e. The molecule has 2 aromatic carbocycles. The molecule has 31 heavy (non-hydrogen) atoms. The number of nitrogens with one attached hydrogen (secondary N) is 1. The summed E-state index contributed by atoms with van der Waals surface area (Å²) >= 11 is 1.26. The molecule has 164 valence electrons. The van der Waals surface area contributed by atoms with Crippen molar-refractivity contribution >= 4 is 17.2 Å². The fourth-order valence-corrected chi connectivity index (χ4v) is 3.94. The zero-order valence-electron chi connectivity index (χ0n) is 17.2. The number of carbonyl (C=O) groups is 1. The SMILES string of the molecule is COc1ccc(-c2nc(C)c(C(=O)NCCc3ccc(C(F)(F)F)cc3)s2)cc1OC. The molecule has 1 heterocycles. The molecule has 1 N–H and O–H groups in total. The van der Waals surface area contributed by atoms with Crippen molar-refractivity contribution in [3.63, 3.8) is 0 Å². The van der Waals surface area contributed by atoms with Gasteiger partial charge in [-0.25, -0.2) is 4.98 Å². The maximum absolute atomic E-state index is 12.6. The first kappa shape index (κ1) is 22.6. The smallest absolute Gasteiger partial charge is 0.416 e. The molecule has 0 radical (unpaired) electrons. The number of halogens is 3. The minimum absolute atomic E-state index is 0.270. The number of aryl methyl sites for hydroxylation is 1. The van der Waals surface area contributed by atoms with Crippen LogP contribution in [0.15, 0.2) is 42.5 Å². The van der Waals surface area contributed by atoms with Crippen LogP contribution >= 0.6 is 11.3 Å². The Hall–Kier alpha value is -3.07. The second-order valence-corrected chi connectivity index (χ2v) is 7.70. The number of aromatic nitrogens is 1. The Kier molecular flexibility index (Phi) is 6.84. The minimum atomic E-state index is -4.36. The predicted octanol–water partition coefficient (Wildman–Crippen LogP) is 5.13. The summed E-state index contributed by atoms with van der Waals surface area (Å²) in [6, 6.07) is 10.3. The number of methoxy groups -OCH3 is 2. The molecule has 3 aromatic rings. The van der Waals surface area contributed by atoms with Gasteiger partial charge in [-0.05, 0) is 49.2 Å². The average Bonchev–Trinajstić information content (AvgIpc) is 3.14. The number of thiazole rings is 1. The molecule has 3 rings (SSSR count). The molecule has 0 atom stereocenters. The lowest BCUT2D eigenvalue weighted by Crippen LogP contribution is -2.25. The van der Waals surface area contributed by atoms with Crippen molar-refractivity contribution < 1.29 is 27.4 Å². The molecule has 0 saturated carbocycles. The normalized spacial score (nSPS) is 11.3. The quantitative estimate of drug-likeness (QED) is 0.542. The molecule has 0 aliphatic heterocycles. The molecule has 1 amide bonds. The van der Waals surface area contributed by atoms with E-state index in [1.807, 2.05) is 6.07 Å². The Labute approximate surface area is 181 Å². The lowest BCUT2D eigenvalue weighted by Gasteiger charge is -2.08. The Morgan fingerprint density at radius 3 is 2.35 bits per heavy atom. The van der Waals surface area contributed by atoms with Gasteiger partial charge < -0.3 is 14.8 Å². The van der Waals surface area contributed by atoms with Gasteiger partial charge in [-0.2, -0.15) is 13.2 Å². The molecular weight excluding hydrogens is 429 g/mol. The monoisotopic (exact) mass is 450 g/mol. The summed E-state index contributed by atoms with van der Waals surface area (Å²) in [5.41, 5.74) is 1.42. The van der Waals surface area contributed by atoms with Crippen LogP contribution in [0.4, 0.5) is 13.2 Å². The van der Waals surface area contributed by atoms with Gasteiger partial charge in [0, 0.05) is 12.1 Å². The highest BCUT2D eigenvalue weighted by molar-refractivity contribution is 7.17. The zero-order chi connectivity index (χ0) is 22.6. The van der Waals surface area contributed by atoms with Crippen LogP contribution in [0.25, 0.3) is 10.6 Å². The maximum atomic E-state index is 12.6. The third kappa shape index (κ3) is 5.35. The summed E-state index contributed by atoms with van der Waals surface area (Å²) in [6.45, 7) is 2.05. The van der Waals surface area contributed by atoms with Crippen LogP contribution in [0, 0.1) is 6.92 Å². The standard InChI is InChI=1S/C22H21F3N2O3S/c1-13-19(31-21(27-13)15-6-9-17(29-2)18(12-15)30-3)20(28)26-11-10-14-4-7-16(8-5-14)22(23,24)25/h4-9,12H,10-11H2,1-3H3,(H,26,28). The summed E-state index contributed by atoms with van der Waals surface area (Å²) in [5.74, 6) is 0.893. The Balaban J connectivity index is 1.65. The van der Waals surface area contributed by atoms with Gasteiger partial charge in [-0.3, -0.25) is 4.79 Å². The molecule has 0 bridgehead atoms. The summed E-state index contributed by atoms with van der Waals surface area (Å²) in [5, 5.41) is 3.48. The highest BCUT2D eigenvalue weighted by atomic mass is 32.1. The van der Waals surface area contributed by atoms with Crippen molar-refractivity contribution in [2.75, 3.05) is 20.8 Å². The first-order chi connectivity index (χ1) is 14.7. The van der Waals surface area contributed by atoms with Gasteiger partial charge in [-0.1, -0.05) is 12.1 Å². The second kappa shape index (κ2) is 9.38. The Bertz CT molecular complexity index is 1060. The predicted molar refractivity (Wildman–Crippen MR) is 113 cm³/mol. The number of hydrogen-bond acceptors (Lipinski definition) is 5. The van der Waals surface area contributed by atoms with Crippen molar-refractivity contribution in [3.05, 3.63) is 64.2 Å². The fraction of sp³-hybridized carbons (Fsp3) is 0.273. The van der Waals surface area contributed by atoms with E-state index >= 15 is 0 Å². The molecule has 0 fully saturated rings. The van der Waals surface area contributed by atoms with Crippen LogP contribution in [0.1, 0.15) is 26.5 Å². The zero-order valence-corrected chi connectivity index (χ0v) is 18.0. The van der Waals surface area contributed by atoms with E-state index in [-0.39, 0.29) is 5.91 Å². The van der Waals surface area contributed by atoms with Crippen LogP contribution in [-0.4, -0.2) is 31.7 Å². The third-order valence-electron chi connectivity index (χ3n) is 4.61. The van der Waals surface area contributed by atoms with E-state index < -0.39 is 11.7 Å². The van der Waals surface area contributed by atoms with Gasteiger partial charge in [0.1, 0.15) is 9.88 Å². The van der Waals surface area contributed by atoms with Gasteiger partial charge in [0.15, 0.2) is 11.5 Å².